The normalized spacial score (nSPS) is 7.09. The lowest BCUT2D eigenvalue weighted by Gasteiger charge is -1.94. The molecule has 0 spiro atoms. The van der Waals surface area contributed by atoms with E-state index in [9.17, 15) is 0 Å². The zero-order valence-corrected chi connectivity index (χ0v) is 9.03. The molecule has 0 saturated heterocycles. The minimum atomic E-state index is 0.862. The van der Waals surface area contributed by atoms with Crippen molar-refractivity contribution >= 4 is 0 Å². The zero-order valence-electron chi connectivity index (χ0n) is 9.03. The summed E-state index contributed by atoms with van der Waals surface area (Å²) in [4.78, 5) is 0. The third-order valence-electron chi connectivity index (χ3n) is 0.775. The topological polar surface area (TPSA) is 21.3 Å². The molecular weight excluding hydrogens is 138 g/mol. The van der Waals surface area contributed by atoms with Gasteiger partial charge in [0.05, 0.1) is 0 Å². The van der Waals surface area contributed by atoms with Crippen molar-refractivity contribution in [3.05, 3.63) is 0 Å². The summed E-state index contributed by atoms with van der Waals surface area (Å²) < 4.78 is 4.80. The van der Waals surface area contributed by atoms with Crippen molar-refractivity contribution < 1.29 is 4.74 Å². The van der Waals surface area contributed by atoms with Gasteiger partial charge < -0.3 is 10.1 Å². The van der Waals surface area contributed by atoms with E-state index in [4.69, 9.17) is 4.74 Å². The average Bonchev–Trinajstić information content (AvgIpc) is 2.13. The van der Waals surface area contributed by atoms with Gasteiger partial charge in [-0.05, 0) is 20.0 Å². The molecule has 0 aliphatic heterocycles. The summed E-state index contributed by atoms with van der Waals surface area (Å²) >= 11 is 0. The minimum absolute atomic E-state index is 0.862. The quantitative estimate of drug-likeness (QED) is 0.642. The molecule has 0 fully saturated rings. The van der Waals surface area contributed by atoms with E-state index < -0.39 is 0 Å². The molecule has 0 amide bonds. The van der Waals surface area contributed by atoms with E-state index in [1.165, 1.54) is 0 Å². The van der Waals surface area contributed by atoms with Crippen molar-refractivity contribution in [1.82, 2.24) is 5.32 Å². The van der Waals surface area contributed by atoms with Gasteiger partial charge in [0.1, 0.15) is 0 Å². The van der Waals surface area contributed by atoms with Crippen molar-refractivity contribution in [2.75, 3.05) is 27.3 Å². The fraction of sp³-hybridized carbons (Fsp3) is 1.00. The molecule has 0 unspecified atom stereocenters. The van der Waals surface area contributed by atoms with Crippen LogP contribution in [-0.2, 0) is 4.74 Å². The number of nitrogens with one attached hydrogen (secondary N) is 1. The summed E-state index contributed by atoms with van der Waals surface area (Å²) in [5, 5.41) is 3.02. The van der Waals surface area contributed by atoms with E-state index >= 15 is 0 Å². The zero-order chi connectivity index (χ0) is 9.54. The van der Waals surface area contributed by atoms with E-state index in [1.54, 1.807) is 7.11 Å². The highest BCUT2D eigenvalue weighted by atomic mass is 16.5. The van der Waals surface area contributed by atoms with Gasteiger partial charge in [0, 0.05) is 13.7 Å². The van der Waals surface area contributed by atoms with E-state index in [0.717, 1.165) is 19.6 Å². The number of hydrogen-bond acceptors (Lipinski definition) is 2. The highest BCUT2D eigenvalue weighted by Gasteiger charge is 1.78. The summed E-state index contributed by atoms with van der Waals surface area (Å²) in [7, 11) is 3.66. The highest BCUT2D eigenvalue weighted by Crippen LogP contribution is 1.73. The van der Waals surface area contributed by atoms with Gasteiger partial charge >= 0.3 is 0 Å². The van der Waals surface area contributed by atoms with E-state index in [-0.39, 0.29) is 0 Å². The molecule has 0 aromatic heterocycles. The second-order valence-electron chi connectivity index (χ2n) is 1.45. The molecule has 0 heterocycles. The second kappa shape index (κ2) is 32.6. The highest BCUT2D eigenvalue weighted by molar-refractivity contribution is 4.36. The van der Waals surface area contributed by atoms with Gasteiger partial charge in [-0.3, -0.25) is 0 Å². The molecule has 0 bridgehead atoms. The van der Waals surface area contributed by atoms with E-state index in [0.29, 0.717) is 0 Å². The molecule has 0 aliphatic carbocycles. The van der Waals surface area contributed by atoms with Crippen LogP contribution < -0.4 is 5.32 Å². The van der Waals surface area contributed by atoms with Crippen LogP contribution in [0.1, 0.15) is 34.1 Å². The van der Waals surface area contributed by atoms with Crippen LogP contribution in [-0.4, -0.2) is 27.3 Å². The molecule has 1 N–H and O–H groups in total. The van der Waals surface area contributed by atoms with E-state index in [2.05, 4.69) is 5.32 Å². The lowest BCUT2D eigenvalue weighted by atomic mass is 10.5. The van der Waals surface area contributed by atoms with Crippen LogP contribution >= 0.6 is 0 Å². The molecule has 11 heavy (non-hydrogen) atoms. The van der Waals surface area contributed by atoms with Crippen molar-refractivity contribution in [1.29, 1.82) is 0 Å². The molecule has 0 atom stereocenters. The van der Waals surface area contributed by atoms with Gasteiger partial charge in [0.15, 0.2) is 0 Å². The van der Waals surface area contributed by atoms with Crippen molar-refractivity contribution in [2.24, 2.45) is 0 Å². The van der Waals surface area contributed by atoms with Gasteiger partial charge in [0.2, 0.25) is 0 Å². The Balaban J connectivity index is -0.000000138. The fourth-order valence-electron chi connectivity index (χ4n) is 0.393. The van der Waals surface area contributed by atoms with Crippen LogP contribution in [0.5, 0.6) is 0 Å². The maximum atomic E-state index is 4.80. The molecule has 0 rings (SSSR count). The van der Waals surface area contributed by atoms with Gasteiger partial charge in [-0.15, -0.1) is 0 Å². The van der Waals surface area contributed by atoms with Gasteiger partial charge in [-0.25, -0.2) is 0 Å². The van der Waals surface area contributed by atoms with Crippen LogP contribution in [0.3, 0.4) is 0 Å². The first kappa shape index (κ1) is 17.1. The van der Waals surface area contributed by atoms with Crippen LogP contribution in [0.2, 0.25) is 0 Å². The maximum absolute atomic E-state index is 4.80. The van der Waals surface area contributed by atoms with E-state index in [1.807, 2.05) is 34.7 Å². The van der Waals surface area contributed by atoms with Crippen molar-refractivity contribution in [3.8, 4) is 0 Å². The Kier molecular flexibility index (Phi) is 50.8. The monoisotopic (exact) mass is 163 g/mol. The second-order valence-corrected chi connectivity index (χ2v) is 1.45. The molecule has 0 radical (unpaired) electrons. The molecule has 0 aliphatic rings. The average molecular weight is 163 g/mol. The number of hydrogen-bond donors (Lipinski definition) is 1. The lowest BCUT2D eigenvalue weighted by Crippen LogP contribution is -2.09. The Morgan fingerprint density at radius 1 is 1.09 bits per heavy atom. The first-order chi connectivity index (χ1) is 5.41. The summed E-state index contributed by atoms with van der Waals surface area (Å²) in [6.45, 7) is 9.91. The van der Waals surface area contributed by atoms with Gasteiger partial charge in [0.25, 0.3) is 0 Å². The standard InChI is InChI=1S/C5H13NO.2C2H6/c1-6-4-3-5-7-2;2*1-2/h6H,3-5H2,1-2H3;2*1-2H3. The Hall–Kier alpha value is -0.0800. The number of methoxy groups -OCH3 is 1. The summed E-state index contributed by atoms with van der Waals surface area (Å²) in [6.07, 6.45) is 1.10. The number of ether oxygens (including phenoxy) is 1. The fourth-order valence-corrected chi connectivity index (χ4v) is 0.393. The molecule has 2 heteroatoms. The molecule has 0 aromatic rings. The van der Waals surface area contributed by atoms with Gasteiger partial charge in [-0.1, -0.05) is 27.7 Å². The summed E-state index contributed by atoms with van der Waals surface area (Å²) in [5.74, 6) is 0. The van der Waals surface area contributed by atoms with Crippen molar-refractivity contribution in [3.63, 3.8) is 0 Å². The molecule has 0 aromatic carbocycles. The van der Waals surface area contributed by atoms with Crippen molar-refractivity contribution in [2.45, 2.75) is 34.1 Å². The van der Waals surface area contributed by atoms with Crippen LogP contribution in [0.25, 0.3) is 0 Å². The summed E-state index contributed by atoms with van der Waals surface area (Å²) in [5.41, 5.74) is 0. The minimum Gasteiger partial charge on any atom is -0.385 e. The Bertz CT molecular complexity index is 28.7. The SMILES string of the molecule is CC.CC.CNCCCOC. The molecule has 72 valence electrons. The van der Waals surface area contributed by atoms with Gasteiger partial charge in [-0.2, -0.15) is 0 Å². The summed E-state index contributed by atoms with van der Waals surface area (Å²) in [6, 6.07) is 0. The third-order valence-corrected chi connectivity index (χ3v) is 0.775. The first-order valence-electron chi connectivity index (χ1n) is 4.55. The smallest absolute Gasteiger partial charge is 0.0474 e. The Morgan fingerprint density at radius 3 is 1.82 bits per heavy atom. The lowest BCUT2D eigenvalue weighted by molar-refractivity contribution is 0.195. The Labute approximate surface area is 72.3 Å². The third kappa shape index (κ3) is 40.5. The molecule has 0 saturated carbocycles. The predicted octanol–water partition coefficient (Wildman–Crippen LogP) is 2.29. The molecular formula is C9H25NO. The first-order valence-corrected chi connectivity index (χ1v) is 4.55. The largest absolute Gasteiger partial charge is 0.385 e. The Morgan fingerprint density at radius 2 is 1.55 bits per heavy atom. The van der Waals surface area contributed by atoms with Crippen LogP contribution in [0, 0.1) is 0 Å². The van der Waals surface area contributed by atoms with Crippen LogP contribution in [0.4, 0.5) is 0 Å². The van der Waals surface area contributed by atoms with Crippen LogP contribution in [0.15, 0.2) is 0 Å². The number of rotatable bonds is 4. The molecule has 2 nitrogen and oxygen atoms in total. The maximum Gasteiger partial charge on any atom is 0.0474 e. The predicted molar refractivity (Wildman–Crippen MR) is 53.1 cm³/mol.